The fraction of sp³-hybridized carbons (Fsp3) is 0.467. The molecule has 1 aromatic heterocycles. The van der Waals surface area contributed by atoms with Crippen LogP contribution in [0.4, 0.5) is 5.69 Å². The number of carbonyl (C=O) groups is 1. The van der Waals surface area contributed by atoms with Gasteiger partial charge in [0.25, 0.3) is 0 Å². The number of anilines is 1. The van der Waals surface area contributed by atoms with Gasteiger partial charge in [-0.15, -0.1) is 23.7 Å². The monoisotopic (exact) mass is 341 g/mol. The molecule has 22 heavy (non-hydrogen) atoms. The summed E-state index contributed by atoms with van der Waals surface area (Å²) >= 11 is 1.66. The van der Waals surface area contributed by atoms with Gasteiger partial charge in [-0.2, -0.15) is 0 Å². The van der Waals surface area contributed by atoms with Crippen LogP contribution in [0.15, 0.2) is 18.2 Å². The molecular weight excluding hydrogens is 322 g/mol. The van der Waals surface area contributed by atoms with E-state index in [1.807, 2.05) is 18.2 Å². The number of carbonyl (C=O) groups excluding carboxylic acids is 1. The highest BCUT2D eigenvalue weighted by Gasteiger charge is 2.28. The fourth-order valence-corrected chi connectivity index (χ4v) is 3.42. The summed E-state index contributed by atoms with van der Waals surface area (Å²) in [6.45, 7) is 4.72. The third kappa shape index (κ3) is 3.57. The molecule has 1 saturated heterocycles. The standard InChI is InChI=1S/C15H19N3O2S.ClH/c1-8(2)15-18-11-4-3-9(5-13(11)21-15)17-14(20)12-6-10(19)7-16-12;/h3-5,8,10,12,16,19H,6-7H2,1-2H3,(H,17,20);1H. The number of hydrogen-bond donors (Lipinski definition) is 3. The Balaban J connectivity index is 0.00000176. The summed E-state index contributed by atoms with van der Waals surface area (Å²) in [6, 6.07) is 5.45. The number of nitrogens with zero attached hydrogens (tertiary/aromatic N) is 1. The van der Waals surface area contributed by atoms with E-state index in [1.54, 1.807) is 11.3 Å². The molecule has 2 aromatic rings. The molecule has 3 N–H and O–H groups in total. The number of hydrogen-bond acceptors (Lipinski definition) is 5. The highest BCUT2D eigenvalue weighted by atomic mass is 35.5. The quantitative estimate of drug-likeness (QED) is 0.802. The van der Waals surface area contributed by atoms with Crippen LogP contribution in [0.25, 0.3) is 10.2 Å². The Kier molecular flexibility index (Phi) is 5.39. The van der Waals surface area contributed by atoms with Crippen molar-refractivity contribution in [3.05, 3.63) is 23.2 Å². The second kappa shape index (κ2) is 6.91. The van der Waals surface area contributed by atoms with E-state index in [2.05, 4.69) is 29.5 Å². The van der Waals surface area contributed by atoms with Gasteiger partial charge in [-0.05, 0) is 24.6 Å². The first kappa shape index (κ1) is 17.1. The number of fused-ring (bicyclic) bond motifs is 1. The fourth-order valence-electron chi connectivity index (χ4n) is 2.41. The summed E-state index contributed by atoms with van der Waals surface area (Å²) in [4.78, 5) is 16.7. The number of β-amino-alcohol motifs (C(OH)–C–C–N with tert-alkyl or cyclic N) is 1. The van der Waals surface area contributed by atoms with E-state index in [1.165, 1.54) is 0 Å². The van der Waals surface area contributed by atoms with Gasteiger partial charge in [0.15, 0.2) is 0 Å². The Hall–Kier alpha value is -1.21. The van der Waals surface area contributed by atoms with Gasteiger partial charge in [0, 0.05) is 18.2 Å². The van der Waals surface area contributed by atoms with Crippen LogP contribution in [0.2, 0.25) is 0 Å². The van der Waals surface area contributed by atoms with E-state index in [0.29, 0.717) is 18.9 Å². The molecule has 3 rings (SSSR count). The Morgan fingerprint density at radius 1 is 1.50 bits per heavy atom. The lowest BCUT2D eigenvalue weighted by atomic mass is 10.2. The number of thiazole rings is 1. The summed E-state index contributed by atoms with van der Waals surface area (Å²) in [6.07, 6.45) is 0.0323. The number of nitrogens with one attached hydrogen (secondary N) is 2. The first-order chi connectivity index (χ1) is 10.0. The zero-order valence-electron chi connectivity index (χ0n) is 12.5. The second-order valence-corrected chi connectivity index (χ2v) is 6.79. The minimum atomic E-state index is -0.432. The van der Waals surface area contributed by atoms with E-state index in [9.17, 15) is 9.90 Å². The second-order valence-electron chi connectivity index (χ2n) is 5.73. The van der Waals surface area contributed by atoms with Gasteiger partial charge >= 0.3 is 0 Å². The van der Waals surface area contributed by atoms with Crippen molar-refractivity contribution >= 4 is 45.6 Å². The number of aliphatic hydroxyl groups excluding tert-OH is 1. The predicted octanol–water partition coefficient (Wildman–Crippen LogP) is 2.50. The molecule has 1 fully saturated rings. The summed E-state index contributed by atoms with van der Waals surface area (Å²) in [7, 11) is 0. The Morgan fingerprint density at radius 3 is 2.91 bits per heavy atom. The molecule has 0 saturated carbocycles. The van der Waals surface area contributed by atoms with Gasteiger partial charge in [0.1, 0.15) is 0 Å². The van der Waals surface area contributed by atoms with Crippen LogP contribution in [0.1, 0.15) is 31.2 Å². The molecule has 1 amide bonds. The van der Waals surface area contributed by atoms with Gasteiger partial charge in [0.05, 0.1) is 27.4 Å². The molecular formula is C15H20ClN3O2S. The Morgan fingerprint density at radius 2 is 2.27 bits per heavy atom. The van der Waals surface area contributed by atoms with E-state index >= 15 is 0 Å². The third-order valence-electron chi connectivity index (χ3n) is 3.59. The summed E-state index contributed by atoms with van der Waals surface area (Å²) < 4.78 is 1.08. The summed E-state index contributed by atoms with van der Waals surface area (Å²) in [5.41, 5.74) is 1.74. The first-order valence-corrected chi connectivity index (χ1v) is 7.97. The molecule has 5 nitrogen and oxygen atoms in total. The van der Waals surface area contributed by atoms with Crippen molar-refractivity contribution in [3.63, 3.8) is 0 Å². The molecule has 120 valence electrons. The van der Waals surface area contributed by atoms with Crippen molar-refractivity contribution in [3.8, 4) is 0 Å². The van der Waals surface area contributed by atoms with Crippen molar-refractivity contribution in [1.82, 2.24) is 10.3 Å². The minimum absolute atomic E-state index is 0. The van der Waals surface area contributed by atoms with Gasteiger partial charge < -0.3 is 15.7 Å². The third-order valence-corrected chi connectivity index (χ3v) is 4.91. The average Bonchev–Trinajstić information content (AvgIpc) is 3.04. The van der Waals surface area contributed by atoms with E-state index < -0.39 is 6.10 Å². The Bertz CT molecular complexity index is 674. The van der Waals surface area contributed by atoms with Gasteiger partial charge in [-0.3, -0.25) is 4.79 Å². The van der Waals surface area contributed by atoms with Gasteiger partial charge in [-0.1, -0.05) is 13.8 Å². The lowest BCUT2D eigenvalue weighted by molar-refractivity contribution is -0.117. The highest BCUT2D eigenvalue weighted by Crippen LogP contribution is 2.29. The number of amides is 1. The maximum atomic E-state index is 12.1. The van der Waals surface area contributed by atoms with E-state index in [0.717, 1.165) is 20.9 Å². The largest absolute Gasteiger partial charge is 0.392 e. The lowest BCUT2D eigenvalue weighted by Crippen LogP contribution is -2.35. The zero-order chi connectivity index (χ0) is 15.0. The topological polar surface area (TPSA) is 74.2 Å². The van der Waals surface area contributed by atoms with Crippen LogP contribution in [-0.2, 0) is 4.79 Å². The number of aliphatic hydroxyl groups is 1. The van der Waals surface area contributed by atoms with Crippen molar-refractivity contribution < 1.29 is 9.90 Å². The molecule has 1 aliphatic heterocycles. The van der Waals surface area contributed by atoms with Crippen LogP contribution < -0.4 is 10.6 Å². The molecule has 0 spiro atoms. The van der Waals surface area contributed by atoms with Crippen LogP contribution in [-0.4, -0.2) is 34.7 Å². The Labute approximate surface area is 139 Å². The maximum Gasteiger partial charge on any atom is 0.241 e. The van der Waals surface area contributed by atoms with Gasteiger partial charge in [-0.25, -0.2) is 4.98 Å². The number of aromatic nitrogens is 1. The molecule has 0 radical (unpaired) electrons. The maximum absolute atomic E-state index is 12.1. The first-order valence-electron chi connectivity index (χ1n) is 7.15. The van der Waals surface area contributed by atoms with E-state index in [4.69, 9.17) is 0 Å². The molecule has 1 aromatic carbocycles. The molecule has 1 aliphatic rings. The number of halogens is 1. The van der Waals surface area contributed by atoms with Crippen molar-refractivity contribution in [2.75, 3.05) is 11.9 Å². The van der Waals surface area contributed by atoms with Crippen molar-refractivity contribution in [1.29, 1.82) is 0 Å². The van der Waals surface area contributed by atoms with Gasteiger partial charge in [0.2, 0.25) is 5.91 Å². The highest BCUT2D eigenvalue weighted by molar-refractivity contribution is 7.18. The average molecular weight is 342 g/mol. The number of rotatable bonds is 3. The smallest absolute Gasteiger partial charge is 0.241 e. The van der Waals surface area contributed by atoms with E-state index in [-0.39, 0.29) is 24.4 Å². The van der Waals surface area contributed by atoms with Crippen molar-refractivity contribution in [2.45, 2.75) is 38.3 Å². The summed E-state index contributed by atoms with van der Waals surface area (Å²) in [5.74, 6) is 0.309. The lowest BCUT2D eigenvalue weighted by Gasteiger charge is -2.10. The molecule has 0 aliphatic carbocycles. The molecule has 2 atom stereocenters. The van der Waals surface area contributed by atoms with Crippen LogP contribution >= 0.6 is 23.7 Å². The van der Waals surface area contributed by atoms with Crippen molar-refractivity contribution in [2.24, 2.45) is 0 Å². The van der Waals surface area contributed by atoms with Crippen LogP contribution in [0.5, 0.6) is 0 Å². The number of benzene rings is 1. The van der Waals surface area contributed by atoms with Crippen LogP contribution in [0, 0.1) is 0 Å². The molecule has 0 bridgehead atoms. The predicted molar refractivity (Wildman–Crippen MR) is 92.0 cm³/mol. The minimum Gasteiger partial charge on any atom is -0.392 e. The van der Waals surface area contributed by atoms with Crippen LogP contribution in [0.3, 0.4) is 0 Å². The SMILES string of the molecule is CC(C)c1nc2ccc(NC(=O)C3CC(O)CN3)cc2s1.Cl. The zero-order valence-corrected chi connectivity index (χ0v) is 14.1. The molecule has 2 heterocycles. The molecule has 7 heteroatoms. The normalized spacial score (nSPS) is 21.1. The molecule has 2 unspecified atom stereocenters. The summed E-state index contributed by atoms with van der Waals surface area (Å²) in [5, 5.41) is 16.5.